The highest BCUT2D eigenvalue weighted by atomic mass is 16.5. The largest absolute Gasteiger partial charge is 0.504 e. The number of hydrogen-bond acceptors (Lipinski definition) is 2. The Morgan fingerprint density at radius 1 is 0.900 bits per heavy atom. The Morgan fingerprint density at radius 3 is 2.25 bits per heavy atom. The van der Waals surface area contributed by atoms with E-state index >= 15 is 0 Å². The number of aromatic hydroxyl groups is 1. The molecule has 0 aliphatic carbocycles. The van der Waals surface area contributed by atoms with Crippen LogP contribution >= 0.6 is 0 Å². The lowest BCUT2D eigenvalue weighted by atomic mass is 10.1. The standard InChI is InChI=1S/C18H16O2/c1-13-6-8-14(9-7-13)12-20-18-11-16-5-3-2-4-15(16)10-17(18)19/h2-11,19H,12H2,1H3. The molecule has 100 valence electrons. The van der Waals surface area contributed by atoms with E-state index in [1.165, 1.54) is 5.56 Å². The van der Waals surface area contributed by atoms with E-state index in [4.69, 9.17) is 4.74 Å². The molecule has 0 bridgehead atoms. The van der Waals surface area contributed by atoms with Gasteiger partial charge in [0.15, 0.2) is 11.5 Å². The number of fused-ring (bicyclic) bond motifs is 1. The third-order valence-electron chi connectivity index (χ3n) is 3.34. The fraction of sp³-hybridized carbons (Fsp3) is 0.111. The molecule has 0 amide bonds. The van der Waals surface area contributed by atoms with Gasteiger partial charge in [0.1, 0.15) is 6.61 Å². The zero-order chi connectivity index (χ0) is 13.9. The van der Waals surface area contributed by atoms with Crippen molar-refractivity contribution < 1.29 is 9.84 Å². The van der Waals surface area contributed by atoms with Gasteiger partial charge in [-0.3, -0.25) is 0 Å². The molecule has 3 rings (SSSR count). The summed E-state index contributed by atoms with van der Waals surface area (Å²) in [6.07, 6.45) is 0. The first-order valence-corrected chi connectivity index (χ1v) is 6.62. The molecule has 1 N–H and O–H groups in total. The fourth-order valence-corrected chi connectivity index (χ4v) is 2.17. The highest BCUT2D eigenvalue weighted by molar-refractivity contribution is 5.85. The van der Waals surface area contributed by atoms with Gasteiger partial charge in [-0.2, -0.15) is 0 Å². The van der Waals surface area contributed by atoms with Gasteiger partial charge in [-0.25, -0.2) is 0 Å². The van der Waals surface area contributed by atoms with Crippen molar-refractivity contribution in [1.82, 2.24) is 0 Å². The van der Waals surface area contributed by atoms with Crippen molar-refractivity contribution in [1.29, 1.82) is 0 Å². The minimum atomic E-state index is 0.177. The maximum absolute atomic E-state index is 10.0. The third-order valence-corrected chi connectivity index (χ3v) is 3.34. The van der Waals surface area contributed by atoms with Crippen molar-refractivity contribution in [2.75, 3.05) is 0 Å². The number of phenolic OH excluding ortho intramolecular Hbond substituents is 1. The number of aryl methyl sites for hydroxylation is 1. The van der Waals surface area contributed by atoms with E-state index in [0.29, 0.717) is 12.4 Å². The quantitative estimate of drug-likeness (QED) is 0.758. The van der Waals surface area contributed by atoms with Crippen molar-refractivity contribution in [2.45, 2.75) is 13.5 Å². The van der Waals surface area contributed by atoms with Gasteiger partial charge < -0.3 is 9.84 Å². The maximum atomic E-state index is 10.0. The fourth-order valence-electron chi connectivity index (χ4n) is 2.17. The van der Waals surface area contributed by atoms with Crippen LogP contribution in [0.5, 0.6) is 11.5 Å². The van der Waals surface area contributed by atoms with E-state index in [1.807, 2.05) is 42.5 Å². The summed E-state index contributed by atoms with van der Waals surface area (Å²) in [5.41, 5.74) is 2.31. The van der Waals surface area contributed by atoms with E-state index in [2.05, 4.69) is 19.1 Å². The van der Waals surface area contributed by atoms with Gasteiger partial charge in [0.05, 0.1) is 0 Å². The highest BCUT2D eigenvalue weighted by Crippen LogP contribution is 2.31. The second-order valence-electron chi connectivity index (χ2n) is 4.94. The van der Waals surface area contributed by atoms with Crippen LogP contribution in [0.2, 0.25) is 0 Å². The van der Waals surface area contributed by atoms with Crippen molar-refractivity contribution in [3.63, 3.8) is 0 Å². The maximum Gasteiger partial charge on any atom is 0.162 e. The second kappa shape index (κ2) is 5.25. The molecule has 0 aromatic heterocycles. The Balaban J connectivity index is 1.83. The van der Waals surface area contributed by atoms with Gasteiger partial charge in [-0.15, -0.1) is 0 Å². The van der Waals surface area contributed by atoms with E-state index < -0.39 is 0 Å². The molecular formula is C18H16O2. The van der Waals surface area contributed by atoms with Gasteiger partial charge in [0.2, 0.25) is 0 Å². The number of benzene rings is 3. The molecule has 2 nitrogen and oxygen atoms in total. The minimum Gasteiger partial charge on any atom is -0.504 e. The van der Waals surface area contributed by atoms with Crippen LogP contribution < -0.4 is 4.74 Å². The smallest absolute Gasteiger partial charge is 0.162 e. The van der Waals surface area contributed by atoms with E-state index in [-0.39, 0.29) is 5.75 Å². The summed E-state index contributed by atoms with van der Waals surface area (Å²) in [4.78, 5) is 0. The average Bonchev–Trinajstić information content (AvgIpc) is 2.47. The molecule has 2 heteroatoms. The lowest BCUT2D eigenvalue weighted by molar-refractivity contribution is 0.289. The lowest BCUT2D eigenvalue weighted by Gasteiger charge is -2.10. The van der Waals surface area contributed by atoms with E-state index in [0.717, 1.165) is 16.3 Å². The SMILES string of the molecule is Cc1ccc(COc2cc3ccccc3cc2O)cc1. The molecular weight excluding hydrogens is 248 g/mol. The monoisotopic (exact) mass is 264 g/mol. The summed E-state index contributed by atoms with van der Waals surface area (Å²) in [6, 6.07) is 19.7. The van der Waals surface area contributed by atoms with Crippen LogP contribution in [0.15, 0.2) is 60.7 Å². The summed E-state index contributed by atoms with van der Waals surface area (Å²) in [7, 11) is 0. The molecule has 20 heavy (non-hydrogen) atoms. The molecule has 3 aromatic carbocycles. The Labute approximate surface area is 118 Å². The number of phenols is 1. The van der Waals surface area contributed by atoms with Crippen molar-refractivity contribution in [2.24, 2.45) is 0 Å². The minimum absolute atomic E-state index is 0.177. The molecule has 0 atom stereocenters. The normalized spacial score (nSPS) is 10.7. The van der Waals surface area contributed by atoms with Crippen LogP contribution in [0.25, 0.3) is 10.8 Å². The van der Waals surface area contributed by atoms with Gasteiger partial charge in [0, 0.05) is 0 Å². The van der Waals surface area contributed by atoms with Crippen LogP contribution in [0.4, 0.5) is 0 Å². The Bertz CT molecular complexity index is 730. The van der Waals surface area contributed by atoms with Gasteiger partial charge >= 0.3 is 0 Å². The van der Waals surface area contributed by atoms with Crippen molar-refractivity contribution in [3.8, 4) is 11.5 Å². The number of ether oxygens (including phenoxy) is 1. The molecule has 0 fully saturated rings. The summed E-state index contributed by atoms with van der Waals surface area (Å²) in [6.45, 7) is 2.51. The van der Waals surface area contributed by atoms with Gasteiger partial charge in [-0.1, -0.05) is 54.1 Å². The molecule has 0 radical (unpaired) electrons. The van der Waals surface area contributed by atoms with Crippen LogP contribution in [0.1, 0.15) is 11.1 Å². The molecule has 0 heterocycles. The van der Waals surface area contributed by atoms with Crippen molar-refractivity contribution in [3.05, 3.63) is 71.8 Å². The number of hydrogen-bond donors (Lipinski definition) is 1. The van der Waals surface area contributed by atoms with Gasteiger partial charge in [-0.05, 0) is 35.4 Å². The van der Waals surface area contributed by atoms with Crippen LogP contribution in [0, 0.1) is 6.92 Å². The molecule has 0 saturated carbocycles. The van der Waals surface area contributed by atoms with Gasteiger partial charge in [0.25, 0.3) is 0 Å². The summed E-state index contributed by atoms with van der Waals surface area (Å²) < 4.78 is 5.72. The third kappa shape index (κ3) is 2.59. The summed E-state index contributed by atoms with van der Waals surface area (Å²) in [5.74, 6) is 0.695. The molecule has 0 aliphatic rings. The zero-order valence-corrected chi connectivity index (χ0v) is 11.3. The van der Waals surface area contributed by atoms with Crippen LogP contribution in [-0.2, 0) is 6.61 Å². The molecule has 0 spiro atoms. The molecule has 0 unspecified atom stereocenters. The summed E-state index contributed by atoms with van der Waals surface area (Å²) >= 11 is 0. The van der Waals surface area contributed by atoms with Crippen LogP contribution in [0.3, 0.4) is 0 Å². The molecule has 3 aromatic rings. The van der Waals surface area contributed by atoms with Crippen molar-refractivity contribution >= 4 is 10.8 Å². The Morgan fingerprint density at radius 2 is 1.55 bits per heavy atom. The average molecular weight is 264 g/mol. The first kappa shape index (κ1) is 12.5. The van der Waals surface area contributed by atoms with E-state index in [9.17, 15) is 5.11 Å². The first-order chi connectivity index (χ1) is 9.72. The number of rotatable bonds is 3. The molecule has 0 saturated heterocycles. The highest BCUT2D eigenvalue weighted by Gasteiger charge is 2.05. The lowest BCUT2D eigenvalue weighted by Crippen LogP contribution is -1.95. The Hall–Kier alpha value is -2.48. The molecule has 0 aliphatic heterocycles. The predicted molar refractivity (Wildman–Crippen MR) is 81.1 cm³/mol. The van der Waals surface area contributed by atoms with E-state index in [1.54, 1.807) is 6.07 Å². The Kier molecular flexibility index (Phi) is 3.30. The van der Waals surface area contributed by atoms with Crippen LogP contribution in [-0.4, -0.2) is 5.11 Å². The summed E-state index contributed by atoms with van der Waals surface area (Å²) in [5, 5.41) is 12.1. The first-order valence-electron chi connectivity index (χ1n) is 6.62. The zero-order valence-electron chi connectivity index (χ0n) is 11.3. The topological polar surface area (TPSA) is 29.5 Å². The second-order valence-corrected chi connectivity index (χ2v) is 4.94. The predicted octanol–water partition coefficient (Wildman–Crippen LogP) is 4.43.